The van der Waals surface area contributed by atoms with Crippen LogP contribution in [0.3, 0.4) is 0 Å². The van der Waals surface area contributed by atoms with E-state index in [0.717, 1.165) is 17.9 Å². The maximum absolute atomic E-state index is 12.7. The molecule has 2 rings (SSSR count). The van der Waals surface area contributed by atoms with Crippen molar-refractivity contribution in [1.29, 1.82) is 5.26 Å². The van der Waals surface area contributed by atoms with Gasteiger partial charge in [-0.1, -0.05) is 12.1 Å². The molecule has 1 unspecified atom stereocenters. The van der Waals surface area contributed by atoms with Gasteiger partial charge in [0.25, 0.3) is 0 Å². The van der Waals surface area contributed by atoms with Crippen molar-refractivity contribution in [3.63, 3.8) is 0 Å². The number of amides is 1. The molecule has 0 saturated carbocycles. The Labute approximate surface area is 147 Å². The lowest BCUT2D eigenvalue weighted by atomic mass is 9.98. The van der Waals surface area contributed by atoms with E-state index in [4.69, 9.17) is 4.74 Å². The van der Waals surface area contributed by atoms with Gasteiger partial charge in [0.2, 0.25) is 5.91 Å². The van der Waals surface area contributed by atoms with Crippen LogP contribution in [-0.2, 0) is 11.3 Å². The summed E-state index contributed by atoms with van der Waals surface area (Å²) in [7, 11) is 1.48. The molecule has 25 heavy (non-hydrogen) atoms. The first-order valence-electron chi connectivity index (χ1n) is 7.99. The molecule has 0 aliphatic rings. The third-order valence-electron chi connectivity index (χ3n) is 4.17. The molecule has 1 heterocycles. The number of ether oxygens (including phenoxy) is 1. The van der Waals surface area contributed by atoms with Crippen LogP contribution in [0.25, 0.3) is 0 Å². The van der Waals surface area contributed by atoms with Crippen molar-refractivity contribution < 1.29 is 14.3 Å². The van der Waals surface area contributed by atoms with Crippen molar-refractivity contribution >= 4 is 17.4 Å². The van der Waals surface area contributed by atoms with E-state index in [9.17, 15) is 14.9 Å². The van der Waals surface area contributed by atoms with Crippen LogP contribution < -0.4 is 10.1 Å². The number of para-hydroxylation sites is 2. The van der Waals surface area contributed by atoms with Crippen molar-refractivity contribution in [2.24, 2.45) is 5.92 Å². The van der Waals surface area contributed by atoms with Gasteiger partial charge in [-0.15, -0.1) is 0 Å². The van der Waals surface area contributed by atoms with Crippen LogP contribution in [0.5, 0.6) is 5.75 Å². The van der Waals surface area contributed by atoms with Crippen LogP contribution in [0.2, 0.25) is 0 Å². The number of nitrogens with one attached hydrogen (secondary N) is 1. The number of benzene rings is 1. The Morgan fingerprint density at radius 1 is 1.32 bits per heavy atom. The average Bonchev–Trinajstić information content (AvgIpc) is 2.89. The number of rotatable bonds is 6. The molecular formula is C19H21N3O3. The summed E-state index contributed by atoms with van der Waals surface area (Å²) in [4.78, 5) is 25.2. The summed E-state index contributed by atoms with van der Waals surface area (Å²) in [5.74, 6) is -2.12. The standard InChI is InChI=1S/C19H21N3O3/c1-5-22-12(2)10-14(13(22)3)18(23)15(11-20)19(24)21-16-8-6-7-9-17(16)25-4/h6-10,15H,5H2,1-4H3,(H,21,24). The van der Waals surface area contributed by atoms with E-state index >= 15 is 0 Å². The third-order valence-corrected chi connectivity index (χ3v) is 4.17. The number of nitriles is 1. The molecule has 0 fully saturated rings. The van der Waals surface area contributed by atoms with Crippen LogP contribution in [-0.4, -0.2) is 23.4 Å². The van der Waals surface area contributed by atoms with Crippen molar-refractivity contribution in [2.45, 2.75) is 27.3 Å². The Kier molecular flexibility index (Phi) is 5.60. The monoisotopic (exact) mass is 339 g/mol. The van der Waals surface area contributed by atoms with Gasteiger partial charge in [0, 0.05) is 23.5 Å². The summed E-state index contributed by atoms with van der Waals surface area (Å²) in [6.07, 6.45) is 0. The lowest BCUT2D eigenvalue weighted by molar-refractivity contribution is -0.117. The predicted molar refractivity (Wildman–Crippen MR) is 94.6 cm³/mol. The van der Waals surface area contributed by atoms with Crippen molar-refractivity contribution in [3.05, 3.63) is 47.3 Å². The lowest BCUT2D eigenvalue weighted by Gasteiger charge is -2.12. The molecule has 0 bridgehead atoms. The topological polar surface area (TPSA) is 84.1 Å². The van der Waals surface area contributed by atoms with E-state index in [1.54, 1.807) is 30.3 Å². The smallest absolute Gasteiger partial charge is 0.249 e. The SMILES string of the molecule is CCn1c(C)cc(C(=O)C(C#N)C(=O)Nc2ccccc2OC)c1C. The van der Waals surface area contributed by atoms with Crippen LogP contribution in [0, 0.1) is 31.1 Å². The number of ketones is 1. The lowest BCUT2D eigenvalue weighted by Crippen LogP contribution is -2.29. The number of carbonyl (C=O) groups is 2. The summed E-state index contributed by atoms with van der Waals surface area (Å²) in [5.41, 5.74) is 2.50. The first-order valence-corrected chi connectivity index (χ1v) is 7.99. The molecule has 1 atom stereocenters. The maximum Gasteiger partial charge on any atom is 0.249 e. The molecule has 0 radical (unpaired) electrons. The number of methoxy groups -OCH3 is 1. The van der Waals surface area contributed by atoms with E-state index in [0.29, 0.717) is 17.0 Å². The second kappa shape index (κ2) is 7.67. The zero-order valence-electron chi connectivity index (χ0n) is 14.8. The molecule has 0 spiro atoms. The average molecular weight is 339 g/mol. The van der Waals surface area contributed by atoms with Crippen LogP contribution in [0.4, 0.5) is 5.69 Å². The summed E-state index contributed by atoms with van der Waals surface area (Å²) in [6.45, 7) is 6.40. The van der Waals surface area contributed by atoms with Crippen molar-refractivity contribution in [3.8, 4) is 11.8 Å². The van der Waals surface area contributed by atoms with Crippen molar-refractivity contribution in [2.75, 3.05) is 12.4 Å². The van der Waals surface area contributed by atoms with Gasteiger partial charge in [-0.3, -0.25) is 9.59 Å². The first kappa shape index (κ1) is 18.3. The quantitative estimate of drug-likeness (QED) is 0.647. The Morgan fingerprint density at radius 2 is 2.00 bits per heavy atom. The van der Waals surface area contributed by atoms with Gasteiger partial charge in [0.15, 0.2) is 11.7 Å². The first-order chi connectivity index (χ1) is 11.9. The number of Topliss-reactive ketones (excluding diaryl/α,β-unsaturated/α-hetero) is 1. The van der Waals surface area contributed by atoms with E-state index in [1.807, 2.05) is 31.4 Å². The Balaban J connectivity index is 2.29. The predicted octanol–water partition coefficient (Wildman–Crippen LogP) is 3.09. The van der Waals surface area contributed by atoms with E-state index in [1.165, 1.54) is 7.11 Å². The molecule has 0 aliphatic carbocycles. The molecule has 6 heteroatoms. The van der Waals surface area contributed by atoms with E-state index in [-0.39, 0.29) is 0 Å². The maximum atomic E-state index is 12.7. The molecule has 2 aromatic rings. The van der Waals surface area contributed by atoms with Gasteiger partial charge in [0.05, 0.1) is 18.9 Å². The highest BCUT2D eigenvalue weighted by atomic mass is 16.5. The van der Waals surface area contributed by atoms with Gasteiger partial charge in [-0.2, -0.15) is 5.26 Å². The largest absolute Gasteiger partial charge is 0.495 e. The number of carbonyl (C=O) groups excluding carboxylic acids is 2. The fraction of sp³-hybridized carbons (Fsp3) is 0.316. The van der Waals surface area contributed by atoms with Crippen LogP contribution in [0.1, 0.15) is 28.7 Å². The Hall–Kier alpha value is -3.07. The highest BCUT2D eigenvalue weighted by Gasteiger charge is 2.30. The fourth-order valence-corrected chi connectivity index (χ4v) is 2.88. The number of aryl methyl sites for hydroxylation is 1. The van der Waals surface area contributed by atoms with Gasteiger partial charge < -0.3 is 14.6 Å². The van der Waals surface area contributed by atoms with Gasteiger partial charge in [0.1, 0.15) is 5.75 Å². The molecule has 1 aromatic carbocycles. The number of aromatic nitrogens is 1. The summed E-state index contributed by atoms with van der Waals surface area (Å²) in [6, 6.07) is 10.4. The minimum Gasteiger partial charge on any atom is -0.495 e. The molecule has 1 N–H and O–H groups in total. The van der Waals surface area contributed by atoms with Crippen molar-refractivity contribution in [1.82, 2.24) is 4.57 Å². The Morgan fingerprint density at radius 3 is 2.56 bits per heavy atom. The van der Waals surface area contributed by atoms with E-state index < -0.39 is 17.6 Å². The second-order valence-electron chi connectivity index (χ2n) is 5.64. The zero-order chi connectivity index (χ0) is 18.6. The third kappa shape index (κ3) is 3.56. The molecule has 130 valence electrons. The minimum atomic E-state index is -1.42. The molecular weight excluding hydrogens is 318 g/mol. The van der Waals surface area contributed by atoms with Gasteiger partial charge in [-0.25, -0.2) is 0 Å². The second-order valence-corrected chi connectivity index (χ2v) is 5.64. The van der Waals surface area contributed by atoms with Crippen LogP contribution in [0.15, 0.2) is 30.3 Å². The fourth-order valence-electron chi connectivity index (χ4n) is 2.88. The van der Waals surface area contributed by atoms with E-state index in [2.05, 4.69) is 5.32 Å². The summed E-state index contributed by atoms with van der Waals surface area (Å²) >= 11 is 0. The number of hydrogen-bond acceptors (Lipinski definition) is 4. The molecule has 0 saturated heterocycles. The van der Waals surface area contributed by atoms with Crippen LogP contribution >= 0.6 is 0 Å². The van der Waals surface area contributed by atoms with Gasteiger partial charge in [-0.05, 0) is 39.0 Å². The van der Waals surface area contributed by atoms with Gasteiger partial charge >= 0.3 is 0 Å². The highest BCUT2D eigenvalue weighted by Crippen LogP contribution is 2.25. The summed E-state index contributed by atoms with van der Waals surface area (Å²) in [5, 5.41) is 12.0. The summed E-state index contributed by atoms with van der Waals surface area (Å²) < 4.78 is 7.14. The molecule has 1 amide bonds. The molecule has 0 aliphatic heterocycles. The molecule has 1 aromatic heterocycles. The number of nitrogens with zero attached hydrogens (tertiary/aromatic N) is 2. The molecule has 6 nitrogen and oxygen atoms in total. The minimum absolute atomic E-state index is 0.404. The number of anilines is 1. The Bertz CT molecular complexity index is 846. The highest BCUT2D eigenvalue weighted by molar-refractivity contribution is 6.16. The number of hydrogen-bond donors (Lipinski definition) is 1. The normalized spacial score (nSPS) is 11.5. The zero-order valence-corrected chi connectivity index (χ0v) is 14.8.